The molecule has 6 heterocycles. The minimum absolute atomic E-state index is 0.0207. The van der Waals surface area contributed by atoms with Crippen molar-refractivity contribution in [2.75, 3.05) is 33.0 Å². The number of carbonyl (C=O) groups is 2. The molecule has 7 N–H and O–H groups in total. The Balaban J connectivity index is 0.000000217. The summed E-state index contributed by atoms with van der Waals surface area (Å²) in [5, 5.41) is 68.7. The van der Waals surface area contributed by atoms with Crippen molar-refractivity contribution >= 4 is 11.8 Å². The number of hydrogen-bond donors (Lipinski definition) is 7. The van der Waals surface area contributed by atoms with Crippen molar-refractivity contribution < 1.29 is 35.1 Å². The predicted molar refractivity (Wildman–Crippen MR) is 271 cm³/mol. The molecule has 8 rings (SSSR count). The zero-order chi connectivity index (χ0) is 52.0. The summed E-state index contributed by atoms with van der Waals surface area (Å²) in [6.45, 7) is 1.61. The lowest BCUT2D eigenvalue weighted by Crippen LogP contribution is -2.57. The normalized spacial score (nSPS) is 11.8. The molecule has 8 aromatic rings. The number of nitrogens with one attached hydrogen (secondary N) is 2. The summed E-state index contributed by atoms with van der Waals surface area (Å²) >= 11 is 0. The van der Waals surface area contributed by atoms with E-state index in [2.05, 4.69) is 61.0 Å². The molecule has 74 heavy (non-hydrogen) atoms. The molecule has 2 aromatic carbocycles. The lowest BCUT2D eigenvalue weighted by atomic mass is 10.0. The third-order valence-corrected chi connectivity index (χ3v) is 11.5. The van der Waals surface area contributed by atoms with Crippen LogP contribution in [0.2, 0.25) is 0 Å². The fourth-order valence-electron chi connectivity index (χ4n) is 7.54. The van der Waals surface area contributed by atoms with E-state index in [-0.39, 0.29) is 31.9 Å². The van der Waals surface area contributed by atoms with Gasteiger partial charge in [-0.15, -0.1) is 10.2 Å². The van der Waals surface area contributed by atoms with Crippen molar-refractivity contribution in [1.82, 2.24) is 70.4 Å². The number of aliphatic hydroxyl groups excluding tert-OH is 5. The average molecular weight is 1010 g/mol. The number of amides is 2. The number of benzene rings is 2. The molecule has 0 bridgehead atoms. The van der Waals surface area contributed by atoms with Crippen LogP contribution in [0.25, 0.3) is 11.4 Å². The molecule has 0 aliphatic heterocycles. The van der Waals surface area contributed by atoms with E-state index in [1.807, 2.05) is 122 Å². The number of aliphatic hydroxyl groups is 5. The van der Waals surface area contributed by atoms with E-state index in [0.29, 0.717) is 39.3 Å². The Morgan fingerprint density at radius 1 is 0.500 bits per heavy atom. The molecule has 0 spiro atoms. The van der Waals surface area contributed by atoms with Crippen LogP contribution >= 0.6 is 0 Å². The van der Waals surface area contributed by atoms with Crippen molar-refractivity contribution in [2.45, 2.75) is 63.8 Å². The van der Waals surface area contributed by atoms with Crippen LogP contribution in [0, 0.1) is 0 Å². The van der Waals surface area contributed by atoms with Gasteiger partial charge in [0.15, 0.2) is 0 Å². The second-order valence-electron chi connectivity index (χ2n) is 17.5. The van der Waals surface area contributed by atoms with Crippen LogP contribution in [0.5, 0.6) is 0 Å². The topological polar surface area (TPSA) is 279 Å². The van der Waals surface area contributed by atoms with Crippen LogP contribution in [0.15, 0.2) is 159 Å². The third kappa shape index (κ3) is 16.8. The zero-order valence-corrected chi connectivity index (χ0v) is 40.7. The van der Waals surface area contributed by atoms with Gasteiger partial charge in [-0.25, -0.2) is 9.36 Å². The monoisotopic (exact) mass is 1000 g/mol. The Kier molecular flexibility index (Phi) is 20.1. The van der Waals surface area contributed by atoms with Crippen LogP contribution in [0.1, 0.15) is 45.3 Å². The van der Waals surface area contributed by atoms with E-state index in [0.717, 1.165) is 56.7 Å². The van der Waals surface area contributed by atoms with Crippen molar-refractivity contribution in [1.29, 1.82) is 0 Å². The standard InChI is InChI=1S/C27H31N7O4.C26H29N7O3/c35-18-27(19-36,20-37)30-26(38)13-21-7-9-25(10-8-21)34-17-24(31-32-34)16-33(14-22-5-1-3-11-28-22)15-23-6-2-4-12-29-23;34-19-25(35)14-29-26(36)13-20-7-9-24(10-8-20)33-18-23(30-31-33)17-32(15-21-5-1-3-11-27-21)16-22-6-2-4-12-28-22/h1-12,17,35-37H,13-16,18-20H2,(H,30,38);1-12,18,25,34-35H,13-17,19H2,(H,29,36)/t;25-/m.0/s1. The Morgan fingerprint density at radius 2 is 0.865 bits per heavy atom. The Bertz CT molecular complexity index is 2800. The molecule has 0 saturated heterocycles. The average Bonchev–Trinajstić information content (AvgIpc) is 4.11. The van der Waals surface area contributed by atoms with Gasteiger partial charge in [-0.3, -0.25) is 39.3 Å². The molecule has 0 aliphatic rings. The highest BCUT2D eigenvalue weighted by Gasteiger charge is 2.30. The summed E-state index contributed by atoms with van der Waals surface area (Å²) in [5.41, 5.74) is 7.14. The minimum Gasteiger partial charge on any atom is -0.394 e. The van der Waals surface area contributed by atoms with Gasteiger partial charge < -0.3 is 36.2 Å². The first-order valence-corrected chi connectivity index (χ1v) is 23.9. The van der Waals surface area contributed by atoms with Gasteiger partial charge in [0.05, 0.1) is 103 Å². The van der Waals surface area contributed by atoms with Crippen molar-refractivity contribution in [3.8, 4) is 11.4 Å². The number of pyridine rings is 4. The summed E-state index contributed by atoms with van der Waals surface area (Å²) in [7, 11) is 0. The molecule has 6 aromatic heterocycles. The first-order valence-electron chi connectivity index (χ1n) is 23.9. The highest BCUT2D eigenvalue weighted by atomic mass is 16.3. The number of nitrogens with zero attached hydrogens (tertiary/aromatic N) is 12. The molecule has 384 valence electrons. The van der Waals surface area contributed by atoms with E-state index in [4.69, 9.17) is 5.11 Å². The zero-order valence-electron chi connectivity index (χ0n) is 40.7. The maximum atomic E-state index is 12.3. The molecule has 0 unspecified atom stereocenters. The number of aromatic nitrogens is 10. The van der Waals surface area contributed by atoms with Crippen LogP contribution in [-0.4, -0.2) is 142 Å². The summed E-state index contributed by atoms with van der Waals surface area (Å²) in [6, 6.07) is 38.2. The van der Waals surface area contributed by atoms with E-state index < -0.39 is 37.4 Å². The van der Waals surface area contributed by atoms with Crippen LogP contribution in [-0.2, 0) is 61.7 Å². The molecule has 0 fully saturated rings. The Hall–Kier alpha value is -8.02. The number of hydrogen-bond acceptors (Lipinski definition) is 17. The second kappa shape index (κ2) is 27.7. The fraction of sp³-hybridized carbons (Fsp3) is 0.283. The molecule has 1 atom stereocenters. The molecule has 2 amide bonds. The number of rotatable bonds is 25. The largest absolute Gasteiger partial charge is 0.394 e. The van der Waals surface area contributed by atoms with Gasteiger partial charge in [0.2, 0.25) is 11.8 Å². The summed E-state index contributed by atoms with van der Waals surface area (Å²) in [4.78, 5) is 46.6. The highest BCUT2D eigenvalue weighted by molar-refractivity contribution is 5.79. The predicted octanol–water partition coefficient (Wildman–Crippen LogP) is 1.91. The van der Waals surface area contributed by atoms with Gasteiger partial charge in [-0.05, 0) is 83.9 Å². The first kappa shape index (κ1) is 53.8. The van der Waals surface area contributed by atoms with Gasteiger partial charge in [-0.1, -0.05) is 59.0 Å². The summed E-state index contributed by atoms with van der Waals surface area (Å²) < 4.78 is 3.38. The molecular weight excluding hydrogens is 945 g/mol. The Labute approximate surface area is 427 Å². The van der Waals surface area contributed by atoms with E-state index >= 15 is 0 Å². The van der Waals surface area contributed by atoms with Gasteiger partial charge in [0, 0.05) is 70.6 Å². The lowest BCUT2D eigenvalue weighted by Gasteiger charge is -2.28. The summed E-state index contributed by atoms with van der Waals surface area (Å²) in [6.07, 6.45) is 10.1. The third-order valence-electron chi connectivity index (χ3n) is 11.5. The van der Waals surface area contributed by atoms with E-state index in [1.54, 1.807) is 46.3 Å². The number of carbonyl (C=O) groups excluding carboxylic acids is 2. The maximum absolute atomic E-state index is 12.3. The van der Waals surface area contributed by atoms with Gasteiger partial charge in [0.25, 0.3) is 0 Å². The van der Waals surface area contributed by atoms with Gasteiger partial charge in [0.1, 0.15) is 5.54 Å². The lowest BCUT2D eigenvalue weighted by molar-refractivity contribution is -0.124. The van der Waals surface area contributed by atoms with Crippen LogP contribution in [0.4, 0.5) is 0 Å². The van der Waals surface area contributed by atoms with Crippen LogP contribution < -0.4 is 10.6 Å². The van der Waals surface area contributed by atoms with Crippen molar-refractivity contribution in [3.63, 3.8) is 0 Å². The maximum Gasteiger partial charge on any atom is 0.225 e. The molecule has 0 radical (unpaired) electrons. The smallest absolute Gasteiger partial charge is 0.225 e. The minimum atomic E-state index is -1.45. The molecule has 21 heteroatoms. The molecule has 21 nitrogen and oxygen atoms in total. The van der Waals surface area contributed by atoms with Crippen molar-refractivity contribution in [3.05, 3.63) is 204 Å². The van der Waals surface area contributed by atoms with Gasteiger partial charge >= 0.3 is 0 Å². The Morgan fingerprint density at radius 3 is 1.20 bits per heavy atom. The molecule has 0 aliphatic carbocycles. The van der Waals surface area contributed by atoms with Gasteiger partial charge in [-0.2, -0.15) is 0 Å². The molecular formula is C53H60N14O7. The van der Waals surface area contributed by atoms with E-state index in [1.165, 1.54) is 0 Å². The molecule has 0 saturated carbocycles. The fourth-order valence-corrected chi connectivity index (χ4v) is 7.54. The SMILES string of the molecule is O=C(Cc1ccc(-n2cc(CN(Cc3ccccn3)Cc3ccccn3)nn2)cc1)NC(CO)(CO)CO.O=C(Cc1ccc(-n2cc(CN(Cc3ccccn3)Cc3ccccn3)nn2)cc1)NC[C@H](O)CO. The first-order chi connectivity index (χ1) is 36.1. The quantitative estimate of drug-likeness (QED) is 0.0431. The van der Waals surface area contributed by atoms with Crippen LogP contribution in [0.3, 0.4) is 0 Å². The summed E-state index contributed by atoms with van der Waals surface area (Å²) in [5.74, 6) is -0.641. The highest BCUT2D eigenvalue weighted by Crippen LogP contribution is 2.17. The van der Waals surface area contributed by atoms with E-state index in [9.17, 15) is 30.0 Å². The second-order valence-corrected chi connectivity index (χ2v) is 17.5. The van der Waals surface area contributed by atoms with Crippen molar-refractivity contribution in [2.24, 2.45) is 0 Å².